The van der Waals surface area contributed by atoms with Crippen LogP contribution in [0.3, 0.4) is 0 Å². The van der Waals surface area contributed by atoms with E-state index in [1.54, 1.807) is 0 Å². The first-order chi connectivity index (χ1) is 26.3. The molecule has 7 aromatic carbocycles. The predicted molar refractivity (Wildman–Crippen MR) is 217 cm³/mol. The lowest BCUT2D eigenvalue weighted by Crippen LogP contribution is -2.05. The Labute approximate surface area is 307 Å². The highest BCUT2D eigenvalue weighted by molar-refractivity contribution is 6.14. The van der Waals surface area contributed by atoms with Crippen LogP contribution >= 0.6 is 0 Å². The molecular formula is C49H33N3O. The van der Waals surface area contributed by atoms with Gasteiger partial charge in [-0.1, -0.05) is 164 Å². The van der Waals surface area contributed by atoms with Crippen LogP contribution in [0.4, 0.5) is 0 Å². The summed E-state index contributed by atoms with van der Waals surface area (Å²) in [6.45, 7) is 0. The summed E-state index contributed by atoms with van der Waals surface area (Å²) in [5.74, 6) is 2.24. The maximum atomic E-state index is 6.49. The molecule has 0 aliphatic heterocycles. The van der Waals surface area contributed by atoms with Crippen LogP contribution in [0.5, 0.6) is 0 Å². The van der Waals surface area contributed by atoms with Crippen molar-refractivity contribution in [1.82, 2.24) is 15.0 Å². The summed E-state index contributed by atoms with van der Waals surface area (Å²) in [4.78, 5) is 15.3. The van der Waals surface area contributed by atoms with E-state index in [4.69, 9.17) is 19.4 Å². The number of rotatable bonds is 6. The van der Waals surface area contributed by atoms with Crippen LogP contribution in [-0.4, -0.2) is 15.0 Å². The van der Waals surface area contributed by atoms with Crippen LogP contribution in [0.25, 0.3) is 83.3 Å². The highest BCUT2D eigenvalue weighted by Gasteiger charge is 2.20. The molecule has 1 aliphatic rings. The summed E-state index contributed by atoms with van der Waals surface area (Å²) in [7, 11) is 0. The summed E-state index contributed by atoms with van der Waals surface area (Å²) in [6.07, 6.45) is 7.54. The van der Waals surface area contributed by atoms with Crippen LogP contribution in [0.1, 0.15) is 23.7 Å². The van der Waals surface area contributed by atoms with E-state index in [0.29, 0.717) is 23.4 Å². The second-order valence-electron chi connectivity index (χ2n) is 13.5. The maximum absolute atomic E-state index is 6.49. The van der Waals surface area contributed by atoms with E-state index in [9.17, 15) is 0 Å². The molecule has 0 bridgehead atoms. The Morgan fingerprint density at radius 3 is 1.81 bits per heavy atom. The minimum Gasteiger partial charge on any atom is -0.456 e. The van der Waals surface area contributed by atoms with Crippen molar-refractivity contribution < 1.29 is 4.42 Å². The quantitative estimate of drug-likeness (QED) is 0.175. The molecular weight excluding hydrogens is 647 g/mol. The van der Waals surface area contributed by atoms with Gasteiger partial charge in [0.2, 0.25) is 0 Å². The van der Waals surface area contributed by atoms with E-state index in [1.165, 1.54) is 33.0 Å². The molecule has 2 heterocycles. The van der Waals surface area contributed by atoms with E-state index in [0.717, 1.165) is 50.6 Å². The van der Waals surface area contributed by atoms with Gasteiger partial charge in [0.05, 0.1) is 0 Å². The van der Waals surface area contributed by atoms with Crippen molar-refractivity contribution in [2.45, 2.75) is 12.3 Å². The maximum Gasteiger partial charge on any atom is 0.164 e. The molecule has 250 valence electrons. The van der Waals surface area contributed by atoms with Gasteiger partial charge in [-0.05, 0) is 63.2 Å². The van der Waals surface area contributed by atoms with Gasteiger partial charge < -0.3 is 4.42 Å². The van der Waals surface area contributed by atoms with Crippen molar-refractivity contribution >= 4 is 38.3 Å². The van der Waals surface area contributed by atoms with E-state index >= 15 is 0 Å². The van der Waals surface area contributed by atoms with Crippen molar-refractivity contribution in [2.75, 3.05) is 0 Å². The molecule has 9 aromatic rings. The molecule has 0 fully saturated rings. The summed E-state index contributed by atoms with van der Waals surface area (Å²) >= 11 is 0. The van der Waals surface area contributed by atoms with E-state index in [2.05, 4.69) is 140 Å². The third kappa shape index (κ3) is 5.62. The van der Waals surface area contributed by atoms with Crippen molar-refractivity contribution in [3.05, 3.63) is 193 Å². The van der Waals surface area contributed by atoms with Crippen LogP contribution in [-0.2, 0) is 0 Å². The molecule has 4 heteroatoms. The molecule has 0 amide bonds. The fourth-order valence-corrected chi connectivity index (χ4v) is 7.68. The van der Waals surface area contributed by atoms with Crippen molar-refractivity contribution in [3.63, 3.8) is 0 Å². The van der Waals surface area contributed by atoms with Crippen LogP contribution in [0, 0.1) is 0 Å². The molecule has 53 heavy (non-hydrogen) atoms. The zero-order chi connectivity index (χ0) is 35.1. The van der Waals surface area contributed by atoms with Gasteiger partial charge in [-0.15, -0.1) is 0 Å². The molecule has 10 rings (SSSR count). The zero-order valence-corrected chi connectivity index (χ0v) is 28.9. The zero-order valence-electron chi connectivity index (χ0n) is 28.9. The van der Waals surface area contributed by atoms with Crippen LogP contribution in [0.15, 0.2) is 186 Å². The molecule has 4 nitrogen and oxygen atoms in total. The van der Waals surface area contributed by atoms with E-state index in [1.807, 2.05) is 42.5 Å². The van der Waals surface area contributed by atoms with Crippen LogP contribution in [0.2, 0.25) is 0 Å². The summed E-state index contributed by atoms with van der Waals surface area (Å²) in [6, 6.07) is 57.2. The summed E-state index contributed by atoms with van der Waals surface area (Å²) in [5.41, 5.74) is 10.5. The van der Waals surface area contributed by atoms with Gasteiger partial charge in [-0.25, -0.2) is 15.0 Å². The minimum atomic E-state index is 0.321. The van der Waals surface area contributed by atoms with E-state index < -0.39 is 0 Å². The largest absolute Gasteiger partial charge is 0.456 e. The first-order valence-corrected chi connectivity index (χ1v) is 18.1. The highest BCUT2D eigenvalue weighted by atomic mass is 16.3. The molecule has 1 aliphatic carbocycles. The Balaban J connectivity index is 1.12. The lowest BCUT2D eigenvalue weighted by molar-refractivity contribution is 0.669. The number of fused-ring (bicyclic) bond motifs is 4. The van der Waals surface area contributed by atoms with Gasteiger partial charge in [-0.2, -0.15) is 0 Å². The Bertz CT molecular complexity index is 2850. The Hall–Kier alpha value is -6.91. The second-order valence-corrected chi connectivity index (χ2v) is 13.5. The van der Waals surface area contributed by atoms with Crippen molar-refractivity contribution in [1.29, 1.82) is 0 Å². The number of nitrogens with zero attached hydrogens (tertiary/aromatic N) is 3. The van der Waals surface area contributed by atoms with Gasteiger partial charge >= 0.3 is 0 Å². The Morgan fingerprint density at radius 2 is 1.09 bits per heavy atom. The average Bonchev–Trinajstić information content (AvgIpc) is 3.62. The summed E-state index contributed by atoms with van der Waals surface area (Å²) < 4.78 is 6.49. The number of allylic oxidation sites excluding steroid dienone is 4. The topological polar surface area (TPSA) is 51.8 Å². The van der Waals surface area contributed by atoms with Gasteiger partial charge in [0.1, 0.15) is 11.2 Å². The SMILES string of the molecule is C1=CC(c2ccccc2)CC=C1c1nc(-c2ccccc2)nc(-c2cccc3oc4ccc(-c5ccc(-c6ccccc6)c6ccccc56)cc4c23)n1. The second kappa shape index (κ2) is 13.0. The van der Waals surface area contributed by atoms with Gasteiger partial charge in [-0.3, -0.25) is 0 Å². The number of benzene rings is 7. The van der Waals surface area contributed by atoms with Crippen LogP contribution < -0.4 is 0 Å². The average molecular weight is 680 g/mol. The Morgan fingerprint density at radius 1 is 0.453 bits per heavy atom. The van der Waals surface area contributed by atoms with E-state index in [-0.39, 0.29) is 0 Å². The third-order valence-electron chi connectivity index (χ3n) is 10.3. The van der Waals surface area contributed by atoms with Crippen molar-refractivity contribution in [2.24, 2.45) is 0 Å². The molecule has 0 spiro atoms. The lowest BCUT2D eigenvalue weighted by atomic mass is 9.90. The highest BCUT2D eigenvalue weighted by Crippen LogP contribution is 2.41. The standard InChI is InChI=1S/C49H33N3O/c1-4-13-32(14-5-1)33-23-25-36(26-24-33)48-50-47(35-17-8-3-9-18-35)51-49(52-48)42-21-12-22-45-46(42)43-31-37(27-30-44(43)53-45)39-29-28-38(34-15-6-2-7-16-34)40-19-10-11-20-41(39)40/h1-23,25-31,33H,24H2. The first kappa shape index (κ1) is 30.9. The smallest absolute Gasteiger partial charge is 0.164 e. The predicted octanol–water partition coefficient (Wildman–Crippen LogP) is 12.7. The molecule has 2 aromatic heterocycles. The monoisotopic (exact) mass is 679 g/mol. The Kier molecular flexibility index (Phi) is 7.58. The number of hydrogen-bond acceptors (Lipinski definition) is 4. The first-order valence-electron chi connectivity index (χ1n) is 18.1. The number of hydrogen-bond donors (Lipinski definition) is 0. The minimum absolute atomic E-state index is 0.321. The van der Waals surface area contributed by atoms with Gasteiger partial charge in [0, 0.05) is 33.4 Å². The normalized spacial score (nSPS) is 14.2. The van der Waals surface area contributed by atoms with Crippen molar-refractivity contribution in [3.8, 4) is 45.0 Å². The lowest BCUT2D eigenvalue weighted by Gasteiger charge is -2.17. The molecule has 0 N–H and O–H groups in total. The molecule has 1 atom stereocenters. The molecule has 0 saturated carbocycles. The summed E-state index contributed by atoms with van der Waals surface area (Å²) in [5, 5.41) is 4.44. The number of aromatic nitrogens is 3. The molecule has 0 radical (unpaired) electrons. The fraction of sp³-hybridized carbons (Fsp3) is 0.0408. The molecule has 1 unspecified atom stereocenters. The third-order valence-corrected chi connectivity index (χ3v) is 10.3. The number of furan rings is 1. The molecule has 0 saturated heterocycles. The van der Waals surface area contributed by atoms with Gasteiger partial charge in [0.25, 0.3) is 0 Å². The fourth-order valence-electron chi connectivity index (χ4n) is 7.68. The van der Waals surface area contributed by atoms with Gasteiger partial charge in [0.15, 0.2) is 17.5 Å².